The minimum Gasteiger partial charge on any atom is -0.348 e. The summed E-state index contributed by atoms with van der Waals surface area (Å²) < 4.78 is 13.1. The first-order chi connectivity index (χ1) is 9.88. The van der Waals surface area contributed by atoms with Gasteiger partial charge in [-0.05, 0) is 42.5 Å². The van der Waals surface area contributed by atoms with E-state index in [1.165, 1.54) is 12.1 Å². The first-order valence-electron chi connectivity index (χ1n) is 7.64. The Kier molecular flexibility index (Phi) is 4.99. The molecule has 4 heteroatoms. The number of carbonyl (C=O) groups excluding carboxylic acids is 1. The number of rotatable bonds is 3. The van der Waals surface area contributed by atoms with Crippen LogP contribution in [0.1, 0.15) is 45.2 Å². The van der Waals surface area contributed by atoms with E-state index in [-0.39, 0.29) is 29.1 Å². The van der Waals surface area contributed by atoms with Crippen molar-refractivity contribution in [2.75, 3.05) is 13.1 Å². The number of hydrogen-bond acceptors (Lipinski definition) is 2. The monoisotopic (exact) mass is 292 g/mol. The van der Waals surface area contributed by atoms with E-state index >= 15 is 0 Å². The lowest BCUT2D eigenvalue weighted by molar-refractivity contribution is -0.127. The summed E-state index contributed by atoms with van der Waals surface area (Å²) in [5, 5.41) is 6.43. The van der Waals surface area contributed by atoms with E-state index in [1.807, 2.05) is 0 Å². The second-order valence-corrected chi connectivity index (χ2v) is 6.90. The summed E-state index contributed by atoms with van der Waals surface area (Å²) in [4.78, 5) is 12.5. The number of benzene rings is 1. The molecule has 2 rings (SSSR count). The molecule has 1 aromatic carbocycles. The van der Waals surface area contributed by atoms with Gasteiger partial charge in [-0.25, -0.2) is 4.39 Å². The van der Waals surface area contributed by atoms with E-state index in [1.54, 1.807) is 12.1 Å². The van der Waals surface area contributed by atoms with Gasteiger partial charge < -0.3 is 10.6 Å². The molecule has 1 aromatic rings. The molecule has 1 heterocycles. The Bertz CT molecular complexity index is 473. The maximum absolute atomic E-state index is 13.1. The number of amides is 1. The fourth-order valence-electron chi connectivity index (χ4n) is 2.79. The Hall–Kier alpha value is -1.42. The van der Waals surface area contributed by atoms with Crippen LogP contribution in [0.15, 0.2) is 24.3 Å². The molecular weight excluding hydrogens is 267 g/mol. The largest absolute Gasteiger partial charge is 0.348 e. The summed E-state index contributed by atoms with van der Waals surface area (Å²) in [6.45, 7) is 7.98. The Morgan fingerprint density at radius 2 is 2.00 bits per heavy atom. The van der Waals surface area contributed by atoms with E-state index in [0.29, 0.717) is 0 Å². The fraction of sp³-hybridized carbons (Fsp3) is 0.588. The van der Waals surface area contributed by atoms with Crippen molar-refractivity contribution in [3.8, 4) is 0 Å². The fourth-order valence-corrected chi connectivity index (χ4v) is 2.79. The zero-order valence-corrected chi connectivity index (χ0v) is 13.1. The molecule has 0 aliphatic carbocycles. The van der Waals surface area contributed by atoms with Crippen molar-refractivity contribution in [2.24, 2.45) is 11.3 Å². The zero-order chi connectivity index (χ0) is 15.5. The molecule has 0 aromatic heterocycles. The van der Waals surface area contributed by atoms with Gasteiger partial charge >= 0.3 is 0 Å². The zero-order valence-electron chi connectivity index (χ0n) is 13.1. The van der Waals surface area contributed by atoms with Crippen LogP contribution in [0, 0.1) is 17.2 Å². The molecule has 1 aliphatic rings. The summed E-state index contributed by atoms with van der Waals surface area (Å²) in [5.41, 5.74) is 0.816. The molecule has 21 heavy (non-hydrogen) atoms. The number of nitrogens with one attached hydrogen (secondary N) is 2. The normalized spacial score (nSPS) is 20.9. The third kappa shape index (κ3) is 4.27. The summed E-state index contributed by atoms with van der Waals surface area (Å²) >= 11 is 0. The van der Waals surface area contributed by atoms with Crippen molar-refractivity contribution in [1.82, 2.24) is 10.6 Å². The first-order valence-corrected chi connectivity index (χ1v) is 7.64. The molecule has 1 saturated heterocycles. The van der Waals surface area contributed by atoms with E-state index < -0.39 is 0 Å². The van der Waals surface area contributed by atoms with Gasteiger partial charge in [0.15, 0.2) is 0 Å². The van der Waals surface area contributed by atoms with Crippen LogP contribution in [-0.4, -0.2) is 19.0 Å². The first kappa shape index (κ1) is 16.0. The summed E-state index contributed by atoms with van der Waals surface area (Å²) in [5.74, 6) is -0.135. The molecule has 1 amide bonds. The van der Waals surface area contributed by atoms with E-state index in [4.69, 9.17) is 0 Å². The average Bonchev–Trinajstić information content (AvgIpc) is 2.45. The third-order valence-electron chi connectivity index (χ3n) is 4.02. The molecule has 1 unspecified atom stereocenters. The molecular formula is C17H25FN2O. The van der Waals surface area contributed by atoms with E-state index in [2.05, 4.69) is 31.4 Å². The van der Waals surface area contributed by atoms with Crippen molar-refractivity contribution in [1.29, 1.82) is 0 Å². The third-order valence-corrected chi connectivity index (χ3v) is 4.02. The van der Waals surface area contributed by atoms with E-state index in [0.717, 1.165) is 31.5 Å². The predicted molar refractivity (Wildman–Crippen MR) is 82.3 cm³/mol. The smallest absolute Gasteiger partial charge is 0.224 e. The van der Waals surface area contributed by atoms with Gasteiger partial charge in [-0.3, -0.25) is 4.79 Å². The SMILES string of the molecule is CC(C)(C)C(NC(=O)[C@@H]1CCCNC1)c1ccc(F)cc1. The Morgan fingerprint density at radius 3 is 2.52 bits per heavy atom. The maximum atomic E-state index is 13.1. The minimum atomic E-state index is -0.255. The highest BCUT2D eigenvalue weighted by Gasteiger charge is 2.30. The molecule has 3 nitrogen and oxygen atoms in total. The lowest BCUT2D eigenvalue weighted by atomic mass is 9.82. The second kappa shape index (κ2) is 6.56. The molecule has 0 spiro atoms. The molecule has 2 atom stereocenters. The second-order valence-electron chi connectivity index (χ2n) is 6.90. The summed E-state index contributed by atoms with van der Waals surface area (Å²) in [6, 6.07) is 6.28. The number of carbonyl (C=O) groups is 1. The average molecular weight is 292 g/mol. The number of hydrogen-bond donors (Lipinski definition) is 2. The van der Waals surface area contributed by atoms with Gasteiger partial charge in [-0.15, -0.1) is 0 Å². The van der Waals surface area contributed by atoms with Crippen LogP contribution in [0.2, 0.25) is 0 Å². The Balaban J connectivity index is 2.13. The topological polar surface area (TPSA) is 41.1 Å². The van der Waals surface area contributed by atoms with Gasteiger partial charge in [0, 0.05) is 6.54 Å². The summed E-state index contributed by atoms with van der Waals surface area (Å²) in [7, 11) is 0. The number of halogens is 1. The van der Waals surface area contributed by atoms with Gasteiger partial charge in [0.25, 0.3) is 0 Å². The highest BCUT2D eigenvalue weighted by Crippen LogP contribution is 2.33. The van der Waals surface area contributed by atoms with Gasteiger partial charge in [0.05, 0.1) is 12.0 Å². The van der Waals surface area contributed by atoms with Crippen LogP contribution in [0.4, 0.5) is 4.39 Å². The van der Waals surface area contributed by atoms with Gasteiger partial charge in [0.2, 0.25) is 5.91 Å². The van der Waals surface area contributed by atoms with Crippen LogP contribution in [0.25, 0.3) is 0 Å². The van der Waals surface area contributed by atoms with Crippen molar-refractivity contribution >= 4 is 5.91 Å². The Labute approximate surface area is 126 Å². The van der Waals surface area contributed by atoms with E-state index in [9.17, 15) is 9.18 Å². The maximum Gasteiger partial charge on any atom is 0.224 e. The van der Waals surface area contributed by atoms with Crippen LogP contribution < -0.4 is 10.6 Å². The van der Waals surface area contributed by atoms with Gasteiger partial charge in [-0.2, -0.15) is 0 Å². The quantitative estimate of drug-likeness (QED) is 0.899. The molecule has 0 bridgehead atoms. The lowest BCUT2D eigenvalue weighted by Gasteiger charge is -2.34. The molecule has 116 valence electrons. The highest BCUT2D eigenvalue weighted by atomic mass is 19.1. The van der Waals surface area contributed by atoms with Crippen LogP contribution in [0.3, 0.4) is 0 Å². The van der Waals surface area contributed by atoms with Gasteiger partial charge in [0.1, 0.15) is 5.82 Å². The highest BCUT2D eigenvalue weighted by molar-refractivity contribution is 5.79. The van der Waals surface area contributed by atoms with Crippen LogP contribution in [-0.2, 0) is 4.79 Å². The van der Waals surface area contributed by atoms with Crippen molar-refractivity contribution in [3.63, 3.8) is 0 Å². The number of piperidine rings is 1. The van der Waals surface area contributed by atoms with Crippen molar-refractivity contribution in [3.05, 3.63) is 35.6 Å². The molecule has 2 N–H and O–H groups in total. The molecule has 1 aliphatic heterocycles. The van der Waals surface area contributed by atoms with Crippen LogP contribution >= 0.6 is 0 Å². The standard InChI is InChI=1S/C17H25FN2O/c1-17(2,3)15(12-6-8-14(18)9-7-12)20-16(21)13-5-4-10-19-11-13/h6-9,13,15,19H,4-5,10-11H2,1-3H3,(H,20,21)/t13-,15?/m1/s1. The van der Waals surface area contributed by atoms with Crippen molar-refractivity contribution in [2.45, 2.75) is 39.7 Å². The lowest BCUT2D eigenvalue weighted by Crippen LogP contribution is -2.44. The Morgan fingerprint density at radius 1 is 1.33 bits per heavy atom. The molecule has 0 saturated carbocycles. The predicted octanol–water partition coefficient (Wildman–Crippen LogP) is 3.03. The van der Waals surface area contributed by atoms with Crippen LogP contribution in [0.5, 0.6) is 0 Å². The van der Waals surface area contributed by atoms with Crippen molar-refractivity contribution < 1.29 is 9.18 Å². The molecule has 0 radical (unpaired) electrons. The molecule has 1 fully saturated rings. The summed E-state index contributed by atoms with van der Waals surface area (Å²) in [6.07, 6.45) is 1.97. The van der Waals surface area contributed by atoms with Gasteiger partial charge in [-0.1, -0.05) is 32.9 Å². The minimum absolute atomic E-state index is 0.0315.